The number of hydrogen-bond donors (Lipinski definition) is 1. The normalized spacial score (nSPS) is 28.2. The number of likely N-dealkylation sites (tertiary alicyclic amines) is 1. The summed E-state index contributed by atoms with van der Waals surface area (Å²) in [5, 5.41) is 12.1. The van der Waals surface area contributed by atoms with E-state index in [-0.39, 0.29) is 11.4 Å². The molecular formula is C12H12N4O2S. The van der Waals surface area contributed by atoms with Gasteiger partial charge in [0.1, 0.15) is 5.51 Å². The molecule has 2 unspecified atom stereocenters. The minimum Gasteiger partial charge on any atom is -0.459 e. The van der Waals surface area contributed by atoms with Gasteiger partial charge < -0.3 is 14.6 Å². The van der Waals surface area contributed by atoms with Gasteiger partial charge in [0, 0.05) is 19.0 Å². The van der Waals surface area contributed by atoms with Gasteiger partial charge in [-0.2, -0.15) is 0 Å². The molecule has 0 aromatic carbocycles. The van der Waals surface area contributed by atoms with E-state index in [4.69, 9.17) is 4.42 Å². The summed E-state index contributed by atoms with van der Waals surface area (Å²) >= 11 is 1.49. The van der Waals surface area contributed by atoms with Gasteiger partial charge in [-0.1, -0.05) is 11.3 Å². The smallest absolute Gasteiger partial charge is 0.289 e. The highest BCUT2D eigenvalue weighted by atomic mass is 32.1. The Balaban J connectivity index is 1.48. The van der Waals surface area contributed by atoms with Gasteiger partial charge in [-0.15, -0.1) is 10.2 Å². The van der Waals surface area contributed by atoms with Gasteiger partial charge in [0.15, 0.2) is 5.76 Å². The van der Waals surface area contributed by atoms with Crippen LogP contribution < -0.4 is 5.32 Å². The van der Waals surface area contributed by atoms with Crippen molar-refractivity contribution >= 4 is 22.4 Å². The van der Waals surface area contributed by atoms with Crippen molar-refractivity contribution in [3.63, 3.8) is 0 Å². The number of nitrogens with zero attached hydrogens (tertiary/aromatic N) is 3. The van der Waals surface area contributed by atoms with Gasteiger partial charge in [0.25, 0.3) is 5.91 Å². The van der Waals surface area contributed by atoms with Crippen LogP contribution in [0.2, 0.25) is 0 Å². The number of rotatable bonds is 3. The van der Waals surface area contributed by atoms with Crippen molar-refractivity contribution in [1.29, 1.82) is 0 Å². The van der Waals surface area contributed by atoms with Gasteiger partial charge in [-0.25, -0.2) is 0 Å². The zero-order valence-corrected chi connectivity index (χ0v) is 10.9. The fraction of sp³-hybridized carbons (Fsp3) is 0.417. The molecule has 2 aliphatic rings. The molecule has 1 aliphatic carbocycles. The largest absolute Gasteiger partial charge is 0.459 e. The summed E-state index contributed by atoms with van der Waals surface area (Å²) in [7, 11) is 0. The second kappa shape index (κ2) is 3.80. The van der Waals surface area contributed by atoms with Crippen molar-refractivity contribution in [1.82, 2.24) is 15.1 Å². The third kappa shape index (κ3) is 1.73. The predicted molar refractivity (Wildman–Crippen MR) is 69.0 cm³/mol. The minimum atomic E-state index is -0.0318. The molecule has 0 radical (unpaired) electrons. The Morgan fingerprint density at radius 2 is 2.58 bits per heavy atom. The molecule has 2 atom stereocenters. The number of carbonyl (C=O) groups is 1. The summed E-state index contributed by atoms with van der Waals surface area (Å²) in [5.41, 5.74) is 1.71. The van der Waals surface area contributed by atoms with Crippen LogP contribution in [0.4, 0.5) is 5.13 Å². The highest BCUT2D eigenvalue weighted by molar-refractivity contribution is 7.13. The van der Waals surface area contributed by atoms with Crippen LogP contribution in [0, 0.1) is 5.92 Å². The number of nitrogens with one attached hydrogen (secondary N) is 1. The third-order valence-electron chi connectivity index (χ3n) is 3.88. The number of furan rings is 1. The topological polar surface area (TPSA) is 71.3 Å². The van der Waals surface area contributed by atoms with Gasteiger partial charge in [-0.3, -0.25) is 4.79 Å². The Morgan fingerprint density at radius 1 is 1.63 bits per heavy atom. The lowest BCUT2D eigenvalue weighted by Crippen LogP contribution is -2.36. The fourth-order valence-electron chi connectivity index (χ4n) is 2.83. The van der Waals surface area contributed by atoms with E-state index in [0.717, 1.165) is 18.1 Å². The molecule has 1 aliphatic heterocycles. The Hall–Kier alpha value is -1.89. The maximum Gasteiger partial charge on any atom is 0.289 e. The molecule has 6 nitrogen and oxygen atoms in total. The molecule has 0 bridgehead atoms. The first kappa shape index (κ1) is 11.0. The van der Waals surface area contributed by atoms with E-state index in [1.165, 1.54) is 17.6 Å². The number of aromatic nitrogens is 2. The number of fused-ring (bicyclic) bond motifs is 1. The highest BCUT2D eigenvalue weighted by Crippen LogP contribution is 2.51. The van der Waals surface area contributed by atoms with Gasteiger partial charge in [-0.05, 0) is 18.6 Å². The molecule has 98 valence electrons. The highest BCUT2D eigenvalue weighted by Gasteiger charge is 2.61. The quantitative estimate of drug-likeness (QED) is 0.919. The van der Waals surface area contributed by atoms with Crippen molar-refractivity contribution in [2.45, 2.75) is 12.0 Å². The molecule has 1 amide bonds. The molecule has 0 spiro atoms. The lowest BCUT2D eigenvalue weighted by atomic mass is 10.2. The van der Waals surface area contributed by atoms with Crippen LogP contribution in [-0.4, -0.2) is 39.6 Å². The summed E-state index contributed by atoms with van der Waals surface area (Å²) in [6.45, 7) is 1.49. The predicted octanol–water partition coefficient (Wildman–Crippen LogP) is 1.46. The number of hydrogen-bond acceptors (Lipinski definition) is 6. The van der Waals surface area contributed by atoms with E-state index in [1.54, 1.807) is 17.6 Å². The number of carbonyl (C=O) groups excluding carboxylic acids is 1. The van der Waals surface area contributed by atoms with Crippen LogP contribution in [-0.2, 0) is 0 Å². The van der Waals surface area contributed by atoms with Crippen LogP contribution in [0.15, 0.2) is 28.3 Å². The fourth-order valence-corrected chi connectivity index (χ4v) is 3.38. The zero-order chi connectivity index (χ0) is 12.9. The average molecular weight is 276 g/mol. The van der Waals surface area contributed by atoms with E-state index in [1.807, 2.05) is 4.90 Å². The van der Waals surface area contributed by atoms with Crippen molar-refractivity contribution in [2.24, 2.45) is 5.92 Å². The second-order valence-corrected chi connectivity index (χ2v) is 5.92. The molecule has 3 heterocycles. The first-order valence-corrected chi connectivity index (χ1v) is 7.02. The lowest BCUT2D eigenvalue weighted by molar-refractivity contribution is 0.0742. The maximum atomic E-state index is 12.2. The summed E-state index contributed by atoms with van der Waals surface area (Å²) < 4.78 is 5.16. The van der Waals surface area contributed by atoms with E-state index in [2.05, 4.69) is 15.5 Å². The first-order chi connectivity index (χ1) is 9.27. The Bertz CT molecular complexity index is 597. The molecule has 7 heteroatoms. The van der Waals surface area contributed by atoms with Crippen LogP contribution in [0.5, 0.6) is 0 Å². The van der Waals surface area contributed by atoms with E-state index in [0.29, 0.717) is 18.2 Å². The molecule has 1 saturated carbocycles. The zero-order valence-electron chi connectivity index (χ0n) is 10.1. The minimum absolute atomic E-state index is 0.00177. The van der Waals surface area contributed by atoms with Crippen molar-refractivity contribution < 1.29 is 9.21 Å². The van der Waals surface area contributed by atoms with E-state index < -0.39 is 0 Å². The average Bonchev–Trinajstić information content (AvgIpc) is 2.96. The molecule has 1 saturated heterocycles. The molecule has 19 heavy (non-hydrogen) atoms. The van der Waals surface area contributed by atoms with Gasteiger partial charge in [0.05, 0.1) is 11.8 Å². The van der Waals surface area contributed by atoms with Crippen LogP contribution in [0.1, 0.15) is 17.0 Å². The second-order valence-electron chi connectivity index (χ2n) is 5.09. The standard InChI is InChI=1S/C12H12N4O2S/c17-10(9-2-1-3-18-9)16-5-8-4-12(8,6-16)14-11-15-13-7-19-11/h1-3,7-8H,4-6H2,(H,14,15). The first-order valence-electron chi connectivity index (χ1n) is 6.14. The Kier molecular flexibility index (Phi) is 2.20. The van der Waals surface area contributed by atoms with Gasteiger partial charge in [0.2, 0.25) is 5.13 Å². The summed E-state index contributed by atoms with van der Waals surface area (Å²) in [4.78, 5) is 14.0. The van der Waals surface area contributed by atoms with Gasteiger partial charge >= 0.3 is 0 Å². The summed E-state index contributed by atoms with van der Waals surface area (Å²) in [5.74, 6) is 0.887. The lowest BCUT2D eigenvalue weighted by Gasteiger charge is -2.20. The van der Waals surface area contributed by atoms with Crippen molar-refractivity contribution in [3.8, 4) is 0 Å². The molecular weight excluding hydrogens is 264 g/mol. The van der Waals surface area contributed by atoms with Crippen LogP contribution >= 0.6 is 11.3 Å². The summed E-state index contributed by atoms with van der Waals surface area (Å²) in [6, 6.07) is 3.44. The molecule has 2 aromatic heterocycles. The molecule has 1 N–H and O–H groups in total. The molecule has 2 aromatic rings. The Labute approximate surface area is 113 Å². The third-order valence-corrected chi connectivity index (χ3v) is 4.49. The maximum absolute atomic E-state index is 12.2. The van der Waals surface area contributed by atoms with E-state index in [9.17, 15) is 4.79 Å². The monoisotopic (exact) mass is 276 g/mol. The molecule has 2 fully saturated rings. The number of piperidine rings is 1. The number of anilines is 1. The Morgan fingerprint density at radius 3 is 3.32 bits per heavy atom. The van der Waals surface area contributed by atoms with Crippen molar-refractivity contribution in [2.75, 3.05) is 18.4 Å². The summed E-state index contributed by atoms with van der Waals surface area (Å²) in [6.07, 6.45) is 2.62. The van der Waals surface area contributed by atoms with E-state index >= 15 is 0 Å². The SMILES string of the molecule is O=C(c1ccco1)N1CC2CC2(Nc2nncs2)C1. The molecule has 4 rings (SSSR count). The van der Waals surface area contributed by atoms with Crippen molar-refractivity contribution in [3.05, 3.63) is 29.7 Å². The number of amides is 1. The van der Waals surface area contributed by atoms with Crippen LogP contribution in [0.25, 0.3) is 0 Å². The van der Waals surface area contributed by atoms with Crippen LogP contribution in [0.3, 0.4) is 0 Å².